The van der Waals surface area contributed by atoms with Gasteiger partial charge in [-0.2, -0.15) is 0 Å². The molecule has 2 aromatic heterocycles. The van der Waals surface area contributed by atoms with E-state index in [1.807, 2.05) is 54.1 Å². The smallest absolute Gasteiger partial charge is 0.321 e. The maximum atomic E-state index is 11.7. The Morgan fingerprint density at radius 1 is 0.964 bits per heavy atom. The zero-order valence-corrected chi connectivity index (χ0v) is 15.1. The summed E-state index contributed by atoms with van der Waals surface area (Å²) in [5.74, 6) is 0.915. The van der Waals surface area contributed by atoms with E-state index in [1.165, 1.54) is 0 Å². The fraction of sp³-hybridized carbons (Fsp3) is 0.0476. The molecular weight excluding hydrogens is 354 g/mol. The zero-order chi connectivity index (χ0) is 19.5. The standard InChI is InChI=1S/C21H17N5O2/c1-14-17(19(22)27)4-2-5-18(14)26-13-12-23-20(26)15-6-8-16(9-7-15)28-21-24-10-3-11-25-21/h2-13H,1H3,(H2,22,27). The molecule has 0 aliphatic heterocycles. The molecule has 4 aromatic rings. The van der Waals surface area contributed by atoms with Gasteiger partial charge in [0.1, 0.15) is 11.6 Å². The fourth-order valence-corrected chi connectivity index (χ4v) is 2.98. The molecule has 4 rings (SSSR count). The number of nitrogens with two attached hydrogens (primary N) is 1. The summed E-state index contributed by atoms with van der Waals surface area (Å²) in [6.07, 6.45) is 6.81. The third-order valence-electron chi connectivity index (χ3n) is 4.33. The zero-order valence-electron chi connectivity index (χ0n) is 15.1. The number of benzene rings is 2. The summed E-state index contributed by atoms with van der Waals surface area (Å²) in [6.45, 7) is 1.87. The van der Waals surface area contributed by atoms with Gasteiger partial charge in [0.25, 0.3) is 0 Å². The lowest BCUT2D eigenvalue weighted by Gasteiger charge is -2.13. The minimum Gasteiger partial charge on any atom is -0.424 e. The monoisotopic (exact) mass is 371 g/mol. The van der Waals surface area contributed by atoms with Crippen LogP contribution in [-0.4, -0.2) is 25.4 Å². The summed E-state index contributed by atoms with van der Waals surface area (Å²) < 4.78 is 7.55. The van der Waals surface area contributed by atoms with Gasteiger partial charge in [0.15, 0.2) is 0 Å². The second-order valence-corrected chi connectivity index (χ2v) is 6.09. The van der Waals surface area contributed by atoms with Crippen LogP contribution in [-0.2, 0) is 0 Å². The van der Waals surface area contributed by atoms with Gasteiger partial charge >= 0.3 is 6.01 Å². The number of rotatable bonds is 5. The van der Waals surface area contributed by atoms with E-state index in [2.05, 4.69) is 15.0 Å². The molecular formula is C21H17N5O2. The first-order valence-corrected chi connectivity index (χ1v) is 8.62. The maximum Gasteiger partial charge on any atom is 0.321 e. The van der Waals surface area contributed by atoms with Crippen LogP contribution in [0.5, 0.6) is 11.8 Å². The molecule has 0 aliphatic rings. The highest BCUT2D eigenvalue weighted by Gasteiger charge is 2.14. The van der Waals surface area contributed by atoms with Gasteiger partial charge in [-0.15, -0.1) is 0 Å². The quantitative estimate of drug-likeness (QED) is 0.579. The van der Waals surface area contributed by atoms with Gasteiger partial charge in [0, 0.05) is 35.9 Å². The van der Waals surface area contributed by atoms with Crippen LogP contribution in [0.25, 0.3) is 17.1 Å². The summed E-state index contributed by atoms with van der Waals surface area (Å²) >= 11 is 0. The SMILES string of the molecule is Cc1c(C(N)=O)cccc1-n1ccnc1-c1ccc(Oc2ncccn2)cc1. The molecule has 0 aliphatic carbocycles. The highest BCUT2D eigenvalue weighted by Crippen LogP contribution is 2.27. The summed E-state index contributed by atoms with van der Waals surface area (Å²) in [5.41, 5.74) is 8.52. The number of nitrogens with zero attached hydrogens (tertiary/aromatic N) is 4. The van der Waals surface area contributed by atoms with Crippen molar-refractivity contribution < 1.29 is 9.53 Å². The second kappa shape index (κ2) is 7.32. The van der Waals surface area contributed by atoms with E-state index in [-0.39, 0.29) is 6.01 Å². The summed E-state index contributed by atoms with van der Waals surface area (Å²) in [6, 6.07) is 14.9. The van der Waals surface area contributed by atoms with E-state index < -0.39 is 5.91 Å². The van der Waals surface area contributed by atoms with Gasteiger partial charge in [-0.1, -0.05) is 6.07 Å². The largest absolute Gasteiger partial charge is 0.424 e. The molecule has 1 amide bonds. The molecule has 0 fully saturated rings. The van der Waals surface area contributed by atoms with Crippen LogP contribution >= 0.6 is 0 Å². The maximum absolute atomic E-state index is 11.7. The first kappa shape index (κ1) is 17.4. The molecule has 0 atom stereocenters. The Morgan fingerprint density at radius 3 is 2.43 bits per heavy atom. The third-order valence-corrected chi connectivity index (χ3v) is 4.33. The average molecular weight is 371 g/mol. The number of carbonyl (C=O) groups is 1. The number of primary amides is 1. The predicted octanol–water partition coefficient (Wildman–Crippen LogP) is 3.53. The van der Waals surface area contributed by atoms with Gasteiger partial charge in [0.05, 0.1) is 5.69 Å². The topological polar surface area (TPSA) is 95.9 Å². The summed E-state index contributed by atoms with van der Waals surface area (Å²) in [4.78, 5) is 24.2. The first-order valence-electron chi connectivity index (χ1n) is 8.62. The van der Waals surface area contributed by atoms with E-state index in [9.17, 15) is 4.79 Å². The molecule has 0 spiro atoms. The Morgan fingerprint density at radius 2 is 1.71 bits per heavy atom. The minimum atomic E-state index is -0.453. The Labute approximate surface area is 161 Å². The molecule has 0 saturated carbocycles. The number of carbonyl (C=O) groups excluding carboxylic acids is 1. The molecule has 2 heterocycles. The van der Waals surface area contributed by atoms with Crippen LogP contribution in [0.3, 0.4) is 0 Å². The number of imidazole rings is 1. The van der Waals surface area contributed by atoms with Gasteiger partial charge in [-0.3, -0.25) is 9.36 Å². The molecule has 138 valence electrons. The van der Waals surface area contributed by atoms with Crippen molar-refractivity contribution in [2.45, 2.75) is 6.92 Å². The van der Waals surface area contributed by atoms with Crippen molar-refractivity contribution in [3.8, 4) is 28.8 Å². The average Bonchev–Trinajstić information content (AvgIpc) is 3.19. The van der Waals surface area contributed by atoms with Gasteiger partial charge < -0.3 is 10.5 Å². The van der Waals surface area contributed by atoms with Crippen molar-refractivity contribution >= 4 is 5.91 Å². The minimum absolute atomic E-state index is 0.288. The van der Waals surface area contributed by atoms with Crippen LogP contribution in [0, 0.1) is 6.92 Å². The predicted molar refractivity (Wildman–Crippen MR) is 104 cm³/mol. The van der Waals surface area contributed by atoms with Gasteiger partial charge in [-0.25, -0.2) is 15.0 Å². The molecule has 0 unspecified atom stereocenters. The number of ether oxygens (including phenoxy) is 1. The lowest BCUT2D eigenvalue weighted by molar-refractivity contribution is 0.0999. The van der Waals surface area contributed by atoms with Crippen molar-refractivity contribution in [1.29, 1.82) is 0 Å². The van der Waals surface area contributed by atoms with Crippen LogP contribution in [0.1, 0.15) is 15.9 Å². The Kier molecular flexibility index (Phi) is 4.55. The van der Waals surface area contributed by atoms with Crippen LogP contribution in [0.4, 0.5) is 0 Å². The van der Waals surface area contributed by atoms with Crippen molar-refractivity contribution in [2.75, 3.05) is 0 Å². The van der Waals surface area contributed by atoms with Crippen molar-refractivity contribution in [1.82, 2.24) is 19.5 Å². The fourth-order valence-electron chi connectivity index (χ4n) is 2.98. The molecule has 0 bridgehead atoms. The van der Waals surface area contributed by atoms with Gasteiger partial charge in [0.2, 0.25) is 5.91 Å². The van der Waals surface area contributed by atoms with Crippen LogP contribution < -0.4 is 10.5 Å². The van der Waals surface area contributed by atoms with Crippen LogP contribution in [0.15, 0.2) is 73.3 Å². The van der Waals surface area contributed by atoms with E-state index in [1.54, 1.807) is 30.7 Å². The van der Waals surface area contributed by atoms with E-state index >= 15 is 0 Å². The van der Waals surface area contributed by atoms with E-state index in [0.717, 1.165) is 22.6 Å². The number of hydrogen-bond acceptors (Lipinski definition) is 5. The highest BCUT2D eigenvalue weighted by molar-refractivity contribution is 5.95. The first-order chi connectivity index (χ1) is 13.6. The summed E-state index contributed by atoms with van der Waals surface area (Å²) in [5, 5.41) is 0. The van der Waals surface area contributed by atoms with E-state index in [4.69, 9.17) is 10.5 Å². The number of aromatic nitrogens is 4. The Hall–Kier alpha value is -4.00. The highest BCUT2D eigenvalue weighted by atomic mass is 16.5. The Bertz CT molecular complexity index is 1120. The second-order valence-electron chi connectivity index (χ2n) is 6.09. The van der Waals surface area contributed by atoms with Crippen molar-refractivity contribution in [3.63, 3.8) is 0 Å². The number of hydrogen-bond donors (Lipinski definition) is 1. The molecule has 0 saturated heterocycles. The molecule has 0 radical (unpaired) electrons. The molecule has 7 nitrogen and oxygen atoms in total. The van der Waals surface area contributed by atoms with E-state index in [0.29, 0.717) is 11.3 Å². The molecule has 28 heavy (non-hydrogen) atoms. The van der Waals surface area contributed by atoms with Gasteiger partial charge in [-0.05, 0) is 55.0 Å². The Balaban J connectivity index is 1.67. The molecule has 7 heteroatoms. The third kappa shape index (κ3) is 3.33. The molecule has 2 aromatic carbocycles. The lowest BCUT2D eigenvalue weighted by atomic mass is 10.1. The van der Waals surface area contributed by atoms with Crippen molar-refractivity contribution in [2.24, 2.45) is 5.73 Å². The molecule has 2 N–H and O–H groups in total. The summed E-state index contributed by atoms with van der Waals surface area (Å²) in [7, 11) is 0. The van der Waals surface area contributed by atoms with Crippen molar-refractivity contribution in [3.05, 3.63) is 84.4 Å². The normalized spacial score (nSPS) is 10.6. The van der Waals surface area contributed by atoms with Crippen LogP contribution in [0.2, 0.25) is 0 Å². The number of amides is 1. The lowest BCUT2D eigenvalue weighted by Crippen LogP contribution is -2.14.